The van der Waals surface area contributed by atoms with E-state index in [0.29, 0.717) is 11.6 Å². The van der Waals surface area contributed by atoms with Crippen molar-refractivity contribution in [3.8, 4) is 0 Å². The Hall–Kier alpha value is -3.00. The molecule has 1 aliphatic rings. The predicted molar refractivity (Wildman–Crippen MR) is 105 cm³/mol. The van der Waals surface area contributed by atoms with Gasteiger partial charge in [-0.1, -0.05) is 6.07 Å². The van der Waals surface area contributed by atoms with E-state index in [1.54, 1.807) is 11.1 Å². The van der Waals surface area contributed by atoms with Gasteiger partial charge >= 0.3 is 0 Å². The van der Waals surface area contributed by atoms with E-state index in [2.05, 4.69) is 27.1 Å². The Morgan fingerprint density at radius 1 is 1.38 bits per heavy atom. The highest BCUT2D eigenvalue weighted by atomic mass is 16.1. The standard InChI is InChI=1S/C18H21N7O/c1-19-11-21-24(2)14-5-3-4-13-17(14)18-22-16(26)10-15(25(18)23-13)12-6-8-20-9-7-12/h3-5,10-12,20H,1,6-9H2,2H3,(H,22,26)/b21-11-. The number of nitrogens with zero attached hydrogens (tertiary/aromatic N) is 5. The van der Waals surface area contributed by atoms with E-state index in [0.717, 1.165) is 48.2 Å². The largest absolute Gasteiger partial charge is 0.317 e. The molecular weight excluding hydrogens is 330 g/mol. The number of rotatable bonds is 4. The van der Waals surface area contributed by atoms with E-state index < -0.39 is 0 Å². The lowest BCUT2D eigenvalue weighted by molar-refractivity contribution is 0.446. The number of H-pyrrole nitrogens is 1. The highest BCUT2D eigenvalue weighted by Gasteiger charge is 2.22. The second-order valence-corrected chi connectivity index (χ2v) is 6.45. The molecule has 0 bridgehead atoms. The number of aromatic amines is 1. The van der Waals surface area contributed by atoms with E-state index in [9.17, 15) is 4.79 Å². The molecule has 3 heterocycles. The first-order chi connectivity index (χ1) is 12.7. The topological polar surface area (TPSA) is 90.2 Å². The molecule has 0 atom stereocenters. The van der Waals surface area contributed by atoms with Gasteiger partial charge in [0.15, 0.2) is 0 Å². The minimum Gasteiger partial charge on any atom is -0.317 e. The Labute approximate surface area is 150 Å². The van der Waals surface area contributed by atoms with Crippen LogP contribution in [0.1, 0.15) is 24.5 Å². The Morgan fingerprint density at radius 3 is 2.96 bits per heavy atom. The van der Waals surface area contributed by atoms with E-state index >= 15 is 0 Å². The Balaban J connectivity index is 1.96. The van der Waals surface area contributed by atoms with Gasteiger partial charge in [0.2, 0.25) is 0 Å². The fraction of sp³-hybridized carbons (Fsp3) is 0.333. The number of aromatic nitrogens is 3. The van der Waals surface area contributed by atoms with Crippen LogP contribution in [0.15, 0.2) is 39.2 Å². The van der Waals surface area contributed by atoms with Crippen molar-refractivity contribution in [1.29, 1.82) is 0 Å². The number of benzene rings is 1. The molecular formula is C18H21N7O. The molecule has 0 aliphatic carbocycles. The van der Waals surface area contributed by atoms with E-state index in [1.165, 1.54) is 6.34 Å². The Kier molecular flexibility index (Phi) is 4.26. The molecule has 3 aromatic rings. The van der Waals surface area contributed by atoms with Gasteiger partial charge in [0, 0.05) is 19.0 Å². The van der Waals surface area contributed by atoms with Crippen molar-refractivity contribution in [2.24, 2.45) is 10.1 Å². The third-order valence-corrected chi connectivity index (χ3v) is 4.85. The molecule has 26 heavy (non-hydrogen) atoms. The fourth-order valence-corrected chi connectivity index (χ4v) is 3.62. The molecule has 0 unspecified atom stereocenters. The number of piperidine rings is 1. The number of aliphatic imine (C=N–C) groups is 1. The molecule has 1 aromatic carbocycles. The molecule has 1 fully saturated rings. The maximum atomic E-state index is 12.4. The minimum absolute atomic E-state index is 0.110. The Bertz CT molecular complexity index is 1040. The fourth-order valence-electron chi connectivity index (χ4n) is 3.62. The van der Waals surface area contributed by atoms with Crippen LogP contribution in [0.4, 0.5) is 5.69 Å². The van der Waals surface area contributed by atoms with E-state index in [-0.39, 0.29) is 5.56 Å². The minimum atomic E-state index is -0.110. The highest BCUT2D eigenvalue weighted by Crippen LogP contribution is 2.31. The van der Waals surface area contributed by atoms with Crippen LogP contribution >= 0.6 is 0 Å². The van der Waals surface area contributed by atoms with Crippen molar-refractivity contribution < 1.29 is 0 Å². The summed E-state index contributed by atoms with van der Waals surface area (Å²) < 4.78 is 1.88. The third kappa shape index (κ3) is 2.78. The van der Waals surface area contributed by atoms with Gasteiger partial charge in [-0.3, -0.25) is 14.8 Å². The molecule has 2 aromatic heterocycles. The van der Waals surface area contributed by atoms with Crippen LogP contribution in [0.3, 0.4) is 0 Å². The lowest BCUT2D eigenvalue weighted by Gasteiger charge is -2.23. The van der Waals surface area contributed by atoms with E-state index in [1.807, 2.05) is 29.8 Å². The first kappa shape index (κ1) is 16.5. The molecule has 0 saturated carbocycles. The molecule has 0 amide bonds. The van der Waals surface area contributed by atoms with Gasteiger partial charge in [0.05, 0.1) is 22.3 Å². The van der Waals surface area contributed by atoms with Crippen LogP contribution in [0.5, 0.6) is 0 Å². The maximum absolute atomic E-state index is 12.4. The van der Waals surface area contributed by atoms with Crippen LogP contribution in [-0.4, -0.2) is 47.8 Å². The summed E-state index contributed by atoms with van der Waals surface area (Å²) in [6, 6.07) is 7.50. The predicted octanol–water partition coefficient (Wildman–Crippen LogP) is 1.72. The zero-order chi connectivity index (χ0) is 18.1. The van der Waals surface area contributed by atoms with E-state index in [4.69, 9.17) is 5.10 Å². The van der Waals surface area contributed by atoms with Crippen LogP contribution in [-0.2, 0) is 0 Å². The molecule has 0 spiro atoms. The molecule has 8 heteroatoms. The molecule has 1 saturated heterocycles. The smallest absolute Gasteiger partial charge is 0.251 e. The zero-order valence-corrected chi connectivity index (χ0v) is 14.6. The average Bonchev–Trinajstić information content (AvgIpc) is 3.04. The SMILES string of the molecule is C=N/C=N\N(C)c1cccc2nn3c(C4CCNCC4)cc(=O)[nH]c3c12. The molecule has 134 valence electrons. The number of nitrogens with one attached hydrogen (secondary N) is 2. The summed E-state index contributed by atoms with van der Waals surface area (Å²) >= 11 is 0. The number of hydrogen-bond acceptors (Lipinski definition) is 5. The normalized spacial score (nSPS) is 15.9. The lowest BCUT2D eigenvalue weighted by atomic mass is 9.94. The van der Waals surface area contributed by atoms with Gasteiger partial charge in [-0.15, -0.1) is 0 Å². The van der Waals surface area contributed by atoms with Gasteiger partial charge in [-0.05, 0) is 44.8 Å². The number of hydrazone groups is 1. The van der Waals surface area contributed by atoms with Crippen molar-refractivity contribution in [3.63, 3.8) is 0 Å². The summed E-state index contributed by atoms with van der Waals surface area (Å²) in [6.07, 6.45) is 3.38. The van der Waals surface area contributed by atoms with Crippen molar-refractivity contribution in [2.45, 2.75) is 18.8 Å². The van der Waals surface area contributed by atoms with Crippen LogP contribution < -0.4 is 15.9 Å². The second kappa shape index (κ2) is 6.72. The summed E-state index contributed by atoms with van der Waals surface area (Å²) in [5, 5.41) is 14.9. The number of hydrogen-bond donors (Lipinski definition) is 2. The summed E-state index contributed by atoms with van der Waals surface area (Å²) in [4.78, 5) is 19.0. The number of anilines is 1. The summed E-state index contributed by atoms with van der Waals surface area (Å²) in [5.41, 5.74) is 3.21. The summed E-state index contributed by atoms with van der Waals surface area (Å²) in [5.74, 6) is 0.319. The monoisotopic (exact) mass is 351 g/mol. The van der Waals surface area contributed by atoms with Gasteiger partial charge in [0.1, 0.15) is 12.0 Å². The molecule has 2 N–H and O–H groups in total. The van der Waals surface area contributed by atoms with Gasteiger partial charge in [-0.2, -0.15) is 10.2 Å². The zero-order valence-electron chi connectivity index (χ0n) is 14.6. The molecule has 1 aliphatic heterocycles. The Morgan fingerprint density at radius 2 is 2.19 bits per heavy atom. The second-order valence-electron chi connectivity index (χ2n) is 6.45. The van der Waals surface area contributed by atoms with Crippen molar-refractivity contribution in [1.82, 2.24) is 19.9 Å². The van der Waals surface area contributed by atoms with Crippen molar-refractivity contribution in [2.75, 3.05) is 25.1 Å². The summed E-state index contributed by atoms with van der Waals surface area (Å²) in [7, 11) is 1.83. The van der Waals surface area contributed by atoms with Crippen LogP contribution in [0.2, 0.25) is 0 Å². The first-order valence-corrected chi connectivity index (χ1v) is 8.66. The van der Waals surface area contributed by atoms with Crippen LogP contribution in [0.25, 0.3) is 16.6 Å². The van der Waals surface area contributed by atoms with Gasteiger partial charge in [0.25, 0.3) is 5.56 Å². The third-order valence-electron chi connectivity index (χ3n) is 4.85. The number of fused-ring (bicyclic) bond motifs is 3. The molecule has 4 rings (SSSR count). The first-order valence-electron chi connectivity index (χ1n) is 8.66. The maximum Gasteiger partial charge on any atom is 0.251 e. The quantitative estimate of drug-likeness (QED) is 0.425. The van der Waals surface area contributed by atoms with Crippen molar-refractivity contribution >= 4 is 35.3 Å². The lowest BCUT2D eigenvalue weighted by Crippen LogP contribution is -2.28. The van der Waals surface area contributed by atoms with Crippen LogP contribution in [0, 0.1) is 0 Å². The average molecular weight is 351 g/mol. The van der Waals surface area contributed by atoms with Gasteiger partial charge < -0.3 is 10.3 Å². The molecule has 0 radical (unpaired) electrons. The molecule has 8 nitrogen and oxygen atoms in total. The highest BCUT2D eigenvalue weighted by molar-refractivity contribution is 6.02. The summed E-state index contributed by atoms with van der Waals surface area (Å²) in [6.45, 7) is 5.32. The van der Waals surface area contributed by atoms with Crippen molar-refractivity contribution in [3.05, 3.63) is 40.3 Å². The van der Waals surface area contributed by atoms with Gasteiger partial charge in [-0.25, -0.2) is 4.52 Å².